The van der Waals surface area contributed by atoms with E-state index in [0.717, 1.165) is 11.1 Å². The Balaban J connectivity index is 0.00000242. The van der Waals surface area contributed by atoms with E-state index >= 15 is 0 Å². The average molecular weight is 325 g/mol. The molecule has 8 heteroatoms. The van der Waals surface area contributed by atoms with Gasteiger partial charge in [0.25, 0.3) is 0 Å². The summed E-state index contributed by atoms with van der Waals surface area (Å²) in [6, 6.07) is 7.16. The summed E-state index contributed by atoms with van der Waals surface area (Å²) in [5, 5.41) is 16.6. The second-order valence-electron chi connectivity index (χ2n) is 5.39. The van der Waals surface area contributed by atoms with Crippen molar-refractivity contribution < 1.29 is 4.79 Å². The summed E-state index contributed by atoms with van der Waals surface area (Å²) >= 11 is 0. The van der Waals surface area contributed by atoms with E-state index in [-0.39, 0.29) is 18.3 Å². The van der Waals surface area contributed by atoms with Crippen molar-refractivity contribution in [1.82, 2.24) is 25.9 Å². The maximum atomic E-state index is 11.8. The minimum Gasteiger partial charge on any atom is -0.351 e. The molecule has 2 rings (SSSR count). The number of benzene rings is 1. The Hall–Kier alpha value is -1.99. The first-order chi connectivity index (χ1) is 10.1. The molecule has 22 heavy (non-hydrogen) atoms. The van der Waals surface area contributed by atoms with Gasteiger partial charge in [0, 0.05) is 12.1 Å². The molecule has 1 amide bonds. The van der Waals surface area contributed by atoms with Gasteiger partial charge in [-0.15, -0.1) is 22.6 Å². The number of aromatic amines is 1. The van der Waals surface area contributed by atoms with Gasteiger partial charge >= 0.3 is 0 Å². The first kappa shape index (κ1) is 18.1. The maximum Gasteiger partial charge on any atom is 0.237 e. The van der Waals surface area contributed by atoms with Gasteiger partial charge in [-0.2, -0.15) is 5.21 Å². The molecule has 4 N–H and O–H groups in total. The first-order valence-electron chi connectivity index (χ1n) is 6.92. The summed E-state index contributed by atoms with van der Waals surface area (Å²) < 4.78 is 0. The maximum absolute atomic E-state index is 11.8. The molecule has 0 saturated heterocycles. The van der Waals surface area contributed by atoms with Crippen LogP contribution in [0.15, 0.2) is 24.3 Å². The molecule has 0 aliphatic heterocycles. The van der Waals surface area contributed by atoms with Gasteiger partial charge in [-0.1, -0.05) is 38.1 Å². The summed E-state index contributed by atoms with van der Waals surface area (Å²) in [5.74, 6) is 0.829. The first-order valence-corrected chi connectivity index (χ1v) is 6.92. The molecule has 0 fully saturated rings. The van der Waals surface area contributed by atoms with Crippen LogP contribution in [0, 0.1) is 5.92 Å². The van der Waals surface area contributed by atoms with Gasteiger partial charge < -0.3 is 11.1 Å². The Morgan fingerprint density at radius 3 is 2.55 bits per heavy atom. The predicted molar refractivity (Wildman–Crippen MR) is 86.1 cm³/mol. The molecule has 120 valence electrons. The molecular formula is C14H21ClN6O. The monoisotopic (exact) mass is 324 g/mol. The van der Waals surface area contributed by atoms with Crippen LogP contribution in [0.3, 0.4) is 0 Å². The van der Waals surface area contributed by atoms with E-state index in [1.54, 1.807) is 0 Å². The number of H-pyrrole nitrogens is 1. The lowest BCUT2D eigenvalue weighted by Gasteiger charge is -2.14. The van der Waals surface area contributed by atoms with Crippen LogP contribution in [0.4, 0.5) is 0 Å². The van der Waals surface area contributed by atoms with Crippen molar-refractivity contribution in [2.45, 2.75) is 32.9 Å². The van der Waals surface area contributed by atoms with Crippen molar-refractivity contribution >= 4 is 18.3 Å². The van der Waals surface area contributed by atoms with Gasteiger partial charge in [0.05, 0.1) is 6.04 Å². The Bertz CT molecular complexity index is 570. The number of aromatic nitrogens is 4. The number of hydrogen-bond acceptors (Lipinski definition) is 5. The number of nitrogens with two attached hydrogens (primary N) is 1. The van der Waals surface area contributed by atoms with Crippen LogP contribution in [0.5, 0.6) is 0 Å². The minimum absolute atomic E-state index is 0. The van der Waals surface area contributed by atoms with E-state index in [1.165, 1.54) is 0 Å². The largest absolute Gasteiger partial charge is 0.351 e. The number of nitrogens with one attached hydrogen (secondary N) is 2. The van der Waals surface area contributed by atoms with Crippen LogP contribution in [0.2, 0.25) is 0 Å². The quantitative estimate of drug-likeness (QED) is 0.741. The normalized spacial score (nSPS) is 11.8. The van der Waals surface area contributed by atoms with Gasteiger partial charge in [-0.05, 0) is 23.1 Å². The van der Waals surface area contributed by atoms with Crippen molar-refractivity contribution in [2.75, 3.05) is 0 Å². The third kappa shape index (κ3) is 5.09. The average Bonchev–Trinajstić information content (AvgIpc) is 2.98. The predicted octanol–water partition coefficient (Wildman–Crippen LogP) is 1.28. The van der Waals surface area contributed by atoms with Crippen molar-refractivity contribution in [3.8, 4) is 11.4 Å². The lowest BCUT2D eigenvalue weighted by atomic mass is 10.0. The number of amides is 1. The second-order valence-corrected chi connectivity index (χ2v) is 5.39. The van der Waals surface area contributed by atoms with Gasteiger partial charge in [0.15, 0.2) is 0 Å². The summed E-state index contributed by atoms with van der Waals surface area (Å²) in [4.78, 5) is 11.8. The van der Waals surface area contributed by atoms with E-state index in [1.807, 2.05) is 38.1 Å². The molecule has 7 nitrogen and oxygen atoms in total. The van der Waals surface area contributed by atoms with E-state index in [0.29, 0.717) is 24.7 Å². The molecule has 0 aliphatic carbocycles. The van der Waals surface area contributed by atoms with Crippen molar-refractivity contribution in [3.63, 3.8) is 0 Å². The van der Waals surface area contributed by atoms with Crippen molar-refractivity contribution in [1.29, 1.82) is 0 Å². The fraction of sp³-hybridized carbons (Fsp3) is 0.429. The molecule has 0 spiro atoms. The molecule has 0 aliphatic rings. The Labute approximate surface area is 135 Å². The summed E-state index contributed by atoms with van der Waals surface area (Å²) in [6.45, 7) is 4.55. The second kappa shape index (κ2) is 8.45. The van der Waals surface area contributed by atoms with E-state index in [2.05, 4.69) is 25.9 Å². The number of hydrogen-bond donors (Lipinski definition) is 3. The zero-order valence-corrected chi connectivity index (χ0v) is 13.4. The number of carbonyl (C=O) groups excluding carboxylic acids is 1. The molecule has 0 unspecified atom stereocenters. The number of halogens is 1. The number of tetrazole rings is 1. The molecule has 0 radical (unpaired) electrons. The zero-order chi connectivity index (χ0) is 15.2. The highest BCUT2D eigenvalue weighted by molar-refractivity contribution is 5.85. The van der Waals surface area contributed by atoms with Gasteiger partial charge in [-0.25, -0.2) is 0 Å². The van der Waals surface area contributed by atoms with Crippen LogP contribution in [-0.2, 0) is 11.3 Å². The highest BCUT2D eigenvalue weighted by Crippen LogP contribution is 2.13. The lowest BCUT2D eigenvalue weighted by Crippen LogP contribution is -2.40. The van der Waals surface area contributed by atoms with Gasteiger partial charge in [0.1, 0.15) is 0 Å². The fourth-order valence-electron chi connectivity index (χ4n) is 1.99. The molecule has 2 aromatic rings. The molecule has 0 saturated carbocycles. The summed E-state index contributed by atoms with van der Waals surface area (Å²) in [7, 11) is 0. The smallest absolute Gasteiger partial charge is 0.237 e. The fourth-order valence-corrected chi connectivity index (χ4v) is 1.99. The molecule has 1 heterocycles. The molecular weight excluding hydrogens is 304 g/mol. The van der Waals surface area contributed by atoms with Crippen LogP contribution < -0.4 is 11.1 Å². The SMILES string of the molecule is CC(C)C[C@H](N)C(=O)NCc1ccc(-c2nn[nH]n2)cc1.Cl. The number of carbonyl (C=O) groups is 1. The highest BCUT2D eigenvalue weighted by atomic mass is 35.5. The molecule has 1 aromatic heterocycles. The Morgan fingerprint density at radius 1 is 1.32 bits per heavy atom. The van der Waals surface area contributed by atoms with Crippen molar-refractivity contribution in [3.05, 3.63) is 29.8 Å². The van der Waals surface area contributed by atoms with Crippen LogP contribution >= 0.6 is 12.4 Å². The Morgan fingerprint density at radius 2 is 2.00 bits per heavy atom. The number of nitrogens with zero attached hydrogens (tertiary/aromatic N) is 3. The highest BCUT2D eigenvalue weighted by Gasteiger charge is 2.14. The summed E-state index contributed by atoms with van der Waals surface area (Å²) in [6.07, 6.45) is 0.683. The zero-order valence-electron chi connectivity index (χ0n) is 12.6. The van der Waals surface area contributed by atoms with E-state index in [4.69, 9.17) is 5.73 Å². The lowest BCUT2D eigenvalue weighted by molar-refractivity contribution is -0.122. The van der Waals surface area contributed by atoms with Crippen LogP contribution in [-0.4, -0.2) is 32.6 Å². The standard InChI is InChI=1S/C14H20N6O.ClH/c1-9(2)7-12(15)14(21)16-8-10-3-5-11(6-4-10)13-17-19-20-18-13;/h3-6,9,12H,7-8,15H2,1-2H3,(H,16,21)(H,17,18,19,20);1H/t12-;/m0./s1. The third-order valence-corrected chi connectivity index (χ3v) is 3.09. The third-order valence-electron chi connectivity index (χ3n) is 3.09. The summed E-state index contributed by atoms with van der Waals surface area (Å²) in [5.41, 5.74) is 7.70. The van der Waals surface area contributed by atoms with Gasteiger partial charge in [-0.3, -0.25) is 4.79 Å². The number of rotatable bonds is 6. The Kier molecular flexibility index (Phi) is 6.94. The van der Waals surface area contributed by atoms with Gasteiger partial charge in [0.2, 0.25) is 11.7 Å². The van der Waals surface area contributed by atoms with Crippen LogP contribution in [0.25, 0.3) is 11.4 Å². The van der Waals surface area contributed by atoms with Crippen LogP contribution in [0.1, 0.15) is 25.8 Å². The topological polar surface area (TPSA) is 110 Å². The van der Waals surface area contributed by atoms with Crippen molar-refractivity contribution in [2.24, 2.45) is 11.7 Å². The molecule has 0 bridgehead atoms. The molecule has 1 aromatic carbocycles. The minimum atomic E-state index is -0.455. The van der Waals surface area contributed by atoms with E-state index < -0.39 is 6.04 Å². The molecule has 1 atom stereocenters. The van der Waals surface area contributed by atoms with E-state index in [9.17, 15) is 4.79 Å².